The highest BCUT2D eigenvalue weighted by atomic mass is 32.1. The Bertz CT molecular complexity index is 2760. The molecule has 0 atom stereocenters. The number of nitrogens with zero attached hydrogens (tertiary/aromatic N) is 2. The first-order valence-corrected chi connectivity index (χ1v) is 16.8. The van der Waals surface area contributed by atoms with Crippen molar-refractivity contribution in [2.75, 3.05) is 4.90 Å². The Labute approximate surface area is 279 Å². The van der Waals surface area contributed by atoms with E-state index >= 15 is 0 Å². The van der Waals surface area contributed by atoms with Crippen LogP contribution in [0.15, 0.2) is 167 Å². The summed E-state index contributed by atoms with van der Waals surface area (Å²) in [6, 6.07) is 54.9. The minimum atomic E-state index is 0.589. The second-order valence-electron chi connectivity index (χ2n) is 11.9. The third kappa shape index (κ3) is 4.18. The average molecular weight is 635 g/mol. The number of rotatable bonds is 5. The number of thiophene rings is 1. The normalized spacial score (nSPS) is 11.8. The van der Waals surface area contributed by atoms with E-state index in [2.05, 4.69) is 126 Å². The van der Waals surface area contributed by atoms with Crippen LogP contribution < -0.4 is 4.90 Å². The van der Waals surface area contributed by atoms with E-state index < -0.39 is 0 Å². The molecule has 4 nitrogen and oxygen atoms in total. The van der Waals surface area contributed by atoms with Crippen molar-refractivity contribution in [3.63, 3.8) is 0 Å². The van der Waals surface area contributed by atoms with Gasteiger partial charge >= 0.3 is 0 Å². The van der Waals surface area contributed by atoms with Crippen LogP contribution in [-0.2, 0) is 0 Å². The molecule has 3 heterocycles. The lowest BCUT2D eigenvalue weighted by molar-refractivity contribution is 0.620. The van der Waals surface area contributed by atoms with E-state index in [-0.39, 0.29) is 0 Å². The Morgan fingerprint density at radius 2 is 1.25 bits per heavy atom. The summed E-state index contributed by atoms with van der Waals surface area (Å²) in [7, 11) is 0. The fourth-order valence-corrected chi connectivity index (χ4v) is 8.22. The van der Waals surface area contributed by atoms with Gasteiger partial charge in [0.05, 0.1) is 10.4 Å². The molecule has 0 saturated carbocycles. The zero-order valence-corrected chi connectivity index (χ0v) is 26.4. The highest BCUT2D eigenvalue weighted by Crippen LogP contribution is 2.48. The van der Waals surface area contributed by atoms with Crippen LogP contribution in [0.2, 0.25) is 0 Å². The fourth-order valence-electron chi connectivity index (χ4n) is 6.99. The van der Waals surface area contributed by atoms with Crippen molar-refractivity contribution in [1.29, 1.82) is 0 Å². The number of aromatic nitrogens is 1. The third-order valence-electron chi connectivity index (χ3n) is 9.11. The summed E-state index contributed by atoms with van der Waals surface area (Å²) in [5, 5.41) is 4.56. The molecule has 0 unspecified atom stereocenters. The van der Waals surface area contributed by atoms with E-state index in [1.54, 1.807) is 0 Å². The lowest BCUT2D eigenvalue weighted by Crippen LogP contribution is -2.09. The molecule has 48 heavy (non-hydrogen) atoms. The van der Waals surface area contributed by atoms with Crippen LogP contribution in [0.25, 0.3) is 75.8 Å². The first-order valence-electron chi connectivity index (χ1n) is 16.0. The standard InChI is InChI=1S/C43H26N2O2S/c1-3-12-27(13-4-1)30-16-11-23-39-41(30)32-17-9-20-35(42(32)48-39)45(28-14-5-2-6-15-28)29-24-25-31-38(26-29)46-37-22-10-18-33(40(31)37)43-44-34-19-7-8-21-36(34)47-43/h1-26H. The monoisotopic (exact) mass is 634 g/mol. The van der Waals surface area contributed by atoms with Crippen LogP contribution in [0.5, 0.6) is 0 Å². The Hall–Kier alpha value is -6.17. The predicted octanol–water partition coefficient (Wildman–Crippen LogP) is 12.9. The van der Waals surface area contributed by atoms with Gasteiger partial charge in [0, 0.05) is 49.2 Å². The highest BCUT2D eigenvalue weighted by molar-refractivity contribution is 7.26. The number of furan rings is 1. The molecule has 5 heteroatoms. The maximum atomic E-state index is 6.56. The van der Waals surface area contributed by atoms with Crippen molar-refractivity contribution in [3.8, 4) is 22.6 Å². The van der Waals surface area contributed by atoms with Gasteiger partial charge in [-0.05, 0) is 71.8 Å². The van der Waals surface area contributed by atoms with Gasteiger partial charge in [-0.25, -0.2) is 4.98 Å². The smallest absolute Gasteiger partial charge is 0.228 e. The summed E-state index contributed by atoms with van der Waals surface area (Å²) in [6.45, 7) is 0. The largest absolute Gasteiger partial charge is 0.456 e. The maximum Gasteiger partial charge on any atom is 0.228 e. The zero-order valence-electron chi connectivity index (χ0n) is 25.6. The minimum Gasteiger partial charge on any atom is -0.456 e. The number of hydrogen-bond acceptors (Lipinski definition) is 5. The number of fused-ring (bicyclic) bond motifs is 7. The lowest BCUT2D eigenvalue weighted by Gasteiger charge is -2.26. The van der Waals surface area contributed by atoms with Gasteiger partial charge in [0.2, 0.25) is 5.89 Å². The number of anilines is 3. The summed E-state index contributed by atoms with van der Waals surface area (Å²) >= 11 is 1.84. The van der Waals surface area contributed by atoms with Gasteiger partial charge in [-0.3, -0.25) is 0 Å². The van der Waals surface area contributed by atoms with Crippen LogP contribution in [0.4, 0.5) is 17.1 Å². The van der Waals surface area contributed by atoms with E-state index in [0.717, 1.165) is 55.7 Å². The van der Waals surface area contributed by atoms with Crippen LogP contribution in [0, 0.1) is 0 Å². The molecule has 0 N–H and O–H groups in total. The van der Waals surface area contributed by atoms with Gasteiger partial charge in [-0.1, -0.05) is 91.0 Å². The summed E-state index contributed by atoms with van der Waals surface area (Å²) in [6.07, 6.45) is 0. The highest BCUT2D eigenvalue weighted by Gasteiger charge is 2.22. The second kappa shape index (κ2) is 10.7. The van der Waals surface area contributed by atoms with E-state index in [0.29, 0.717) is 5.89 Å². The minimum absolute atomic E-state index is 0.589. The SMILES string of the molecule is c1ccc(-c2cccc3sc4c(N(c5ccccc5)c5ccc6c(c5)oc5cccc(-c7nc8ccccc8o7)c56)cccc4c23)cc1. The number of hydrogen-bond donors (Lipinski definition) is 0. The van der Waals surface area contributed by atoms with Crippen LogP contribution in [0.3, 0.4) is 0 Å². The van der Waals surface area contributed by atoms with Gasteiger partial charge in [0.15, 0.2) is 5.58 Å². The van der Waals surface area contributed by atoms with Crippen molar-refractivity contribution in [2.24, 2.45) is 0 Å². The van der Waals surface area contributed by atoms with Gasteiger partial charge in [0.1, 0.15) is 16.7 Å². The summed E-state index contributed by atoms with van der Waals surface area (Å²) in [5.41, 5.74) is 9.82. The Kier molecular flexibility index (Phi) is 6.01. The molecule has 0 aliphatic rings. The Morgan fingerprint density at radius 1 is 0.500 bits per heavy atom. The number of benzene rings is 7. The van der Waals surface area contributed by atoms with Crippen LogP contribution in [0.1, 0.15) is 0 Å². The van der Waals surface area contributed by atoms with Crippen molar-refractivity contribution in [3.05, 3.63) is 158 Å². The van der Waals surface area contributed by atoms with Crippen LogP contribution >= 0.6 is 11.3 Å². The van der Waals surface area contributed by atoms with Gasteiger partial charge in [-0.2, -0.15) is 0 Å². The maximum absolute atomic E-state index is 6.56. The van der Waals surface area contributed by atoms with Crippen LogP contribution in [-0.4, -0.2) is 4.98 Å². The first kappa shape index (κ1) is 27.0. The molecular weight excluding hydrogens is 609 g/mol. The zero-order chi connectivity index (χ0) is 31.6. The molecule has 7 aromatic carbocycles. The molecule has 0 bridgehead atoms. The van der Waals surface area contributed by atoms with Gasteiger partial charge < -0.3 is 13.7 Å². The summed E-state index contributed by atoms with van der Waals surface area (Å²) < 4.78 is 15.3. The predicted molar refractivity (Wildman–Crippen MR) is 200 cm³/mol. The average Bonchev–Trinajstić information content (AvgIpc) is 3.86. The Morgan fingerprint density at radius 3 is 2.12 bits per heavy atom. The molecule has 0 aliphatic carbocycles. The quantitative estimate of drug-likeness (QED) is 0.189. The van der Waals surface area contributed by atoms with Crippen molar-refractivity contribution in [1.82, 2.24) is 4.98 Å². The van der Waals surface area contributed by atoms with Gasteiger partial charge in [-0.15, -0.1) is 11.3 Å². The fraction of sp³-hybridized carbons (Fsp3) is 0. The van der Waals surface area contributed by atoms with Crippen molar-refractivity contribution >= 4 is 81.6 Å². The van der Waals surface area contributed by atoms with E-state index in [1.807, 2.05) is 47.7 Å². The molecule has 10 rings (SSSR count). The Balaban J connectivity index is 1.18. The second-order valence-corrected chi connectivity index (χ2v) is 13.0. The third-order valence-corrected chi connectivity index (χ3v) is 10.3. The molecule has 0 spiro atoms. The summed E-state index contributed by atoms with van der Waals surface area (Å²) in [4.78, 5) is 7.14. The molecule has 226 valence electrons. The number of para-hydroxylation sites is 3. The van der Waals surface area contributed by atoms with E-state index in [1.165, 1.54) is 31.3 Å². The molecule has 0 amide bonds. The molecule has 0 aliphatic heterocycles. The number of oxazole rings is 1. The molecule has 3 aromatic heterocycles. The molecule has 0 radical (unpaired) electrons. The van der Waals surface area contributed by atoms with E-state index in [4.69, 9.17) is 13.8 Å². The molecule has 10 aromatic rings. The van der Waals surface area contributed by atoms with Crippen molar-refractivity contribution < 1.29 is 8.83 Å². The van der Waals surface area contributed by atoms with E-state index in [9.17, 15) is 0 Å². The summed E-state index contributed by atoms with van der Waals surface area (Å²) in [5.74, 6) is 0.589. The molecule has 0 saturated heterocycles. The van der Waals surface area contributed by atoms with Gasteiger partial charge in [0.25, 0.3) is 0 Å². The first-order chi connectivity index (χ1) is 23.8. The molecule has 0 fully saturated rings. The lowest BCUT2D eigenvalue weighted by atomic mass is 9.99. The molecular formula is C43H26N2O2S. The van der Waals surface area contributed by atoms with Crippen molar-refractivity contribution in [2.45, 2.75) is 0 Å². The topological polar surface area (TPSA) is 42.4 Å².